The van der Waals surface area contributed by atoms with Crippen molar-refractivity contribution in [3.63, 3.8) is 0 Å². The summed E-state index contributed by atoms with van der Waals surface area (Å²) in [5.41, 5.74) is 2.76. The molecule has 3 rings (SSSR count). The summed E-state index contributed by atoms with van der Waals surface area (Å²) in [5.74, 6) is 1.44. The standard InChI is InChI=1S/C19H18BrNO2/c1-13-17(21-19(23-13)14-7-3-2-4-8-14)11-12-18(22)15-9-5-6-10-16(15)20/h2-10,18,22H,11-12H2,1H3. The highest BCUT2D eigenvalue weighted by atomic mass is 79.9. The molecule has 0 saturated heterocycles. The van der Waals surface area contributed by atoms with E-state index in [0.717, 1.165) is 27.1 Å². The Morgan fingerprint density at radius 3 is 2.52 bits per heavy atom. The van der Waals surface area contributed by atoms with Crippen molar-refractivity contribution in [2.75, 3.05) is 0 Å². The number of hydrogen-bond acceptors (Lipinski definition) is 3. The van der Waals surface area contributed by atoms with E-state index in [1.165, 1.54) is 0 Å². The summed E-state index contributed by atoms with van der Waals surface area (Å²) in [6.07, 6.45) is 0.747. The summed E-state index contributed by atoms with van der Waals surface area (Å²) in [5, 5.41) is 10.4. The number of halogens is 1. The molecule has 3 nitrogen and oxygen atoms in total. The third-order valence-corrected chi connectivity index (χ3v) is 4.55. The van der Waals surface area contributed by atoms with E-state index in [1.807, 2.05) is 61.5 Å². The Morgan fingerprint density at radius 2 is 1.78 bits per heavy atom. The largest absolute Gasteiger partial charge is 0.441 e. The van der Waals surface area contributed by atoms with Crippen LogP contribution in [0.3, 0.4) is 0 Å². The first-order valence-corrected chi connectivity index (χ1v) is 8.38. The maximum atomic E-state index is 10.4. The van der Waals surface area contributed by atoms with Crippen LogP contribution in [0.4, 0.5) is 0 Å². The summed E-state index contributed by atoms with van der Waals surface area (Å²) in [6.45, 7) is 1.92. The third-order valence-electron chi connectivity index (χ3n) is 3.83. The number of rotatable bonds is 5. The van der Waals surface area contributed by atoms with Crippen LogP contribution in [0, 0.1) is 6.92 Å². The highest BCUT2D eigenvalue weighted by Crippen LogP contribution is 2.28. The number of aliphatic hydroxyl groups is 1. The minimum Gasteiger partial charge on any atom is -0.441 e. The molecule has 0 radical (unpaired) electrons. The van der Waals surface area contributed by atoms with Gasteiger partial charge in [-0.1, -0.05) is 52.3 Å². The Morgan fingerprint density at radius 1 is 1.09 bits per heavy atom. The predicted octanol–water partition coefficient (Wildman–Crippen LogP) is 5.08. The first-order chi connectivity index (χ1) is 11.1. The van der Waals surface area contributed by atoms with E-state index in [4.69, 9.17) is 4.42 Å². The molecule has 4 heteroatoms. The SMILES string of the molecule is Cc1oc(-c2ccccc2)nc1CCC(O)c1ccccc1Br. The molecule has 0 aliphatic heterocycles. The zero-order valence-electron chi connectivity index (χ0n) is 12.9. The van der Waals surface area contributed by atoms with Crippen LogP contribution in [0.1, 0.15) is 29.5 Å². The van der Waals surface area contributed by atoms with Gasteiger partial charge in [-0.05, 0) is 43.5 Å². The molecule has 2 aromatic carbocycles. The normalized spacial score (nSPS) is 12.3. The molecule has 118 valence electrons. The lowest BCUT2D eigenvalue weighted by Gasteiger charge is -2.11. The van der Waals surface area contributed by atoms with E-state index in [2.05, 4.69) is 20.9 Å². The van der Waals surface area contributed by atoms with E-state index < -0.39 is 6.10 Å². The van der Waals surface area contributed by atoms with E-state index in [0.29, 0.717) is 18.7 Å². The Hall–Kier alpha value is -1.91. The van der Waals surface area contributed by atoms with Gasteiger partial charge < -0.3 is 9.52 Å². The van der Waals surface area contributed by atoms with Gasteiger partial charge in [0.2, 0.25) is 5.89 Å². The molecule has 0 amide bonds. The minimum absolute atomic E-state index is 0.526. The van der Waals surface area contributed by atoms with Crippen LogP contribution in [0.25, 0.3) is 11.5 Å². The molecule has 1 unspecified atom stereocenters. The monoisotopic (exact) mass is 371 g/mol. The molecule has 0 bridgehead atoms. The molecule has 1 aromatic heterocycles. The average Bonchev–Trinajstić information content (AvgIpc) is 2.95. The van der Waals surface area contributed by atoms with Crippen molar-refractivity contribution in [1.29, 1.82) is 0 Å². The van der Waals surface area contributed by atoms with Gasteiger partial charge in [-0.2, -0.15) is 0 Å². The third kappa shape index (κ3) is 3.71. The Labute approximate surface area is 144 Å². The minimum atomic E-state index is -0.526. The average molecular weight is 372 g/mol. The Balaban J connectivity index is 1.72. The van der Waals surface area contributed by atoms with Gasteiger partial charge in [-0.25, -0.2) is 4.98 Å². The summed E-state index contributed by atoms with van der Waals surface area (Å²) in [7, 11) is 0. The first-order valence-electron chi connectivity index (χ1n) is 7.59. The van der Waals surface area contributed by atoms with E-state index in [9.17, 15) is 5.11 Å². The molecule has 1 atom stereocenters. The summed E-state index contributed by atoms with van der Waals surface area (Å²) >= 11 is 3.48. The second-order valence-corrected chi connectivity index (χ2v) is 6.32. The topological polar surface area (TPSA) is 46.3 Å². The fourth-order valence-corrected chi connectivity index (χ4v) is 3.09. The first kappa shape index (κ1) is 16.0. The van der Waals surface area contributed by atoms with Gasteiger partial charge in [-0.15, -0.1) is 0 Å². The fourth-order valence-electron chi connectivity index (χ4n) is 2.54. The molecule has 0 aliphatic rings. The van der Waals surface area contributed by atoms with Gasteiger partial charge in [0.25, 0.3) is 0 Å². The van der Waals surface area contributed by atoms with Crippen LogP contribution in [-0.4, -0.2) is 10.1 Å². The highest BCUT2D eigenvalue weighted by Gasteiger charge is 2.15. The van der Waals surface area contributed by atoms with E-state index >= 15 is 0 Å². The van der Waals surface area contributed by atoms with Crippen molar-refractivity contribution in [3.8, 4) is 11.5 Å². The van der Waals surface area contributed by atoms with Gasteiger partial charge in [0.1, 0.15) is 5.76 Å². The van der Waals surface area contributed by atoms with Gasteiger partial charge >= 0.3 is 0 Å². The van der Waals surface area contributed by atoms with Crippen LogP contribution in [0.15, 0.2) is 63.5 Å². The molecule has 3 aromatic rings. The van der Waals surface area contributed by atoms with E-state index in [-0.39, 0.29) is 0 Å². The number of oxazole rings is 1. The second-order valence-electron chi connectivity index (χ2n) is 5.46. The van der Waals surface area contributed by atoms with Gasteiger partial charge in [0.15, 0.2) is 0 Å². The highest BCUT2D eigenvalue weighted by molar-refractivity contribution is 9.10. The number of benzene rings is 2. The molecule has 0 saturated carbocycles. The molecule has 1 heterocycles. The second kappa shape index (κ2) is 7.11. The van der Waals surface area contributed by atoms with Gasteiger partial charge in [0.05, 0.1) is 11.8 Å². The zero-order chi connectivity index (χ0) is 16.2. The summed E-state index contributed by atoms with van der Waals surface area (Å²) < 4.78 is 6.69. The lowest BCUT2D eigenvalue weighted by molar-refractivity contribution is 0.166. The maximum absolute atomic E-state index is 10.4. The fraction of sp³-hybridized carbons (Fsp3) is 0.211. The number of nitrogens with zero attached hydrogens (tertiary/aromatic N) is 1. The Bertz CT molecular complexity index is 783. The quantitative estimate of drug-likeness (QED) is 0.680. The van der Waals surface area contributed by atoms with Crippen molar-refractivity contribution >= 4 is 15.9 Å². The molecular formula is C19H18BrNO2. The molecule has 0 spiro atoms. The molecule has 0 fully saturated rings. The van der Waals surface area contributed by atoms with Crippen molar-refractivity contribution in [2.45, 2.75) is 25.9 Å². The van der Waals surface area contributed by atoms with Gasteiger partial charge in [0, 0.05) is 10.0 Å². The van der Waals surface area contributed by atoms with Crippen molar-refractivity contribution in [2.24, 2.45) is 0 Å². The van der Waals surface area contributed by atoms with Crippen LogP contribution in [-0.2, 0) is 6.42 Å². The summed E-state index contributed by atoms with van der Waals surface area (Å²) in [4.78, 5) is 4.58. The van der Waals surface area contributed by atoms with E-state index in [1.54, 1.807) is 0 Å². The van der Waals surface area contributed by atoms with Crippen LogP contribution in [0.2, 0.25) is 0 Å². The number of hydrogen-bond donors (Lipinski definition) is 1. The zero-order valence-corrected chi connectivity index (χ0v) is 14.5. The molecule has 0 aliphatic carbocycles. The van der Waals surface area contributed by atoms with Crippen molar-refractivity contribution in [3.05, 3.63) is 76.1 Å². The summed E-state index contributed by atoms with van der Waals surface area (Å²) in [6, 6.07) is 17.6. The predicted molar refractivity (Wildman–Crippen MR) is 94.1 cm³/mol. The van der Waals surface area contributed by atoms with Crippen molar-refractivity contribution in [1.82, 2.24) is 4.98 Å². The lowest BCUT2D eigenvalue weighted by atomic mass is 10.0. The molecule has 23 heavy (non-hydrogen) atoms. The van der Waals surface area contributed by atoms with Crippen LogP contribution < -0.4 is 0 Å². The number of aryl methyl sites for hydroxylation is 2. The molecule has 1 N–H and O–H groups in total. The lowest BCUT2D eigenvalue weighted by Crippen LogP contribution is -2.01. The van der Waals surface area contributed by atoms with Gasteiger partial charge in [-0.3, -0.25) is 0 Å². The smallest absolute Gasteiger partial charge is 0.226 e. The van der Waals surface area contributed by atoms with Crippen LogP contribution in [0.5, 0.6) is 0 Å². The number of aliphatic hydroxyl groups excluding tert-OH is 1. The van der Waals surface area contributed by atoms with Crippen LogP contribution >= 0.6 is 15.9 Å². The number of aromatic nitrogens is 1. The van der Waals surface area contributed by atoms with Crippen molar-refractivity contribution < 1.29 is 9.52 Å². The maximum Gasteiger partial charge on any atom is 0.226 e. The Kier molecular flexibility index (Phi) is 4.94. The molecular weight excluding hydrogens is 354 g/mol.